The van der Waals surface area contributed by atoms with Crippen molar-refractivity contribution in [3.8, 4) is 16.9 Å². The van der Waals surface area contributed by atoms with Gasteiger partial charge in [-0.3, -0.25) is 9.59 Å². The number of benzene rings is 3. The molecule has 0 bridgehead atoms. The number of H-pyrrole nitrogens is 1. The highest BCUT2D eigenvalue weighted by Gasteiger charge is 2.13. The highest BCUT2D eigenvalue weighted by molar-refractivity contribution is 6.30. The van der Waals surface area contributed by atoms with Crippen LogP contribution in [0.4, 0.5) is 0 Å². The number of ketones is 1. The average molecular weight is 390 g/mol. The molecule has 0 aliphatic heterocycles. The lowest BCUT2D eigenvalue weighted by atomic mass is 9.96. The Morgan fingerprint density at radius 1 is 0.929 bits per heavy atom. The molecule has 5 heteroatoms. The molecule has 4 rings (SSSR count). The van der Waals surface area contributed by atoms with Crippen LogP contribution >= 0.6 is 11.6 Å². The fourth-order valence-electron chi connectivity index (χ4n) is 3.19. The van der Waals surface area contributed by atoms with Crippen LogP contribution in [0.5, 0.6) is 5.75 Å². The van der Waals surface area contributed by atoms with Gasteiger partial charge in [-0.25, -0.2) is 0 Å². The number of hydrogen-bond acceptors (Lipinski definition) is 3. The summed E-state index contributed by atoms with van der Waals surface area (Å²) in [4.78, 5) is 27.8. The van der Waals surface area contributed by atoms with Gasteiger partial charge in [0.05, 0.1) is 7.11 Å². The predicted molar refractivity (Wildman–Crippen MR) is 111 cm³/mol. The highest BCUT2D eigenvalue weighted by atomic mass is 35.5. The molecule has 0 atom stereocenters. The summed E-state index contributed by atoms with van der Waals surface area (Å²) >= 11 is 5.91. The molecular weight excluding hydrogens is 374 g/mol. The van der Waals surface area contributed by atoms with Gasteiger partial charge in [0.1, 0.15) is 5.75 Å². The maximum atomic E-state index is 12.9. The fraction of sp³-hybridized carbons (Fsp3) is 0.0435. The number of aromatic amines is 1. The highest BCUT2D eigenvalue weighted by Crippen LogP contribution is 2.30. The molecule has 1 aromatic heterocycles. The second-order valence-electron chi connectivity index (χ2n) is 6.38. The molecule has 0 aliphatic rings. The number of nitrogens with one attached hydrogen (secondary N) is 1. The number of rotatable bonds is 4. The minimum absolute atomic E-state index is 0.110. The van der Waals surface area contributed by atoms with E-state index in [0.29, 0.717) is 27.4 Å². The molecule has 1 N–H and O–H groups in total. The van der Waals surface area contributed by atoms with Gasteiger partial charge in [-0.05, 0) is 65.7 Å². The van der Waals surface area contributed by atoms with Crippen LogP contribution in [0.15, 0.2) is 77.6 Å². The molecule has 0 saturated carbocycles. The summed E-state index contributed by atoms with van der Waals surface area (Å²) in [7, 11) is 1.60. The van der Waals surface area contributed by atoms with E-state index in [0.717, 1.165) is 16.5 Å². The summed E-state index contributed by atoms with van der Waals surface area (Å²) in [5.41, 5.74) is 3.12. The molecule has 0 saturated heterocycles. The summed E-state index contributed by atoms with van der Waals surface area (Å²) < 4.78 is 5.30. The topological polar surface area (TPSA) is 59.2 Å². The van der Waals surface area contributed by atoms with Crippen LogP contribution in [0.2, 0.25) is 5.02 Å². The van der Waals surface area contributed by atoms with Crippen molar-refractivity contribution in [3.63, 3.8) is 0 Å². The molecule has 0 amide bonds. The third kappa shape index (κ3) is 3.42. The number of carbonyl (C=O) groups excluding carboxylic acids is 1. The van der Waals surface area contributed by atoms with Crippen molar-refractivity contribution < 1.29 is 9.53 Å². The third-order valence-corrected chi connectivity index (χ3v) is 4.84. The maximum absolute atomic E-state index is 12.9. The molecule has 4 nitrogen and oxygen atoms in total. The van der Waals surface area contributed by atoms with E-state index >= 15 is 0 Å². The summed E-state index contributed by atoms with van der Waals surface area (Å²) in [6, 6.07) is 21.1. The van der Waals surface area contributed by atoms with Gasteiger partial charge >= 0.3 is 0 Å². The Kier molecular flexibility index (Phi) is 4.72. The number of carbonyl (C=O) groups is 1. The molecule has 138 valence electrons. The molecule has 3 aromatic carbocycles. The van der Waals surface area contributed by atoms with Crippen molar-refractivity contribution in [3.05, 3.63) is 99.3 Å². The first-order chi connectivity index (χ1) is 13.5. The van der Waals surface area contributed by atoms with Crippen molar-refractivity contribution >= 4 is 28.3 Å². The zero-order chi connectivity index (χ0) is 19.7. The zero-order valence-electron chi connectivity index (χ0n) is 15.0. The lowest BCUT2D eigenvalue weighted by Crippen LogP contribution is -2.06. The first kappa shape index (κ1) is 18.0. The van der Waals surface area contributed by atoms with Gasteiger partial charge in [0.15, 0.2) is 5.78 Å². The minimum atomic E-state index is -0.206. The Balaban J connectivity index is 1.88. The standard InChI is InChI=1S/C23H16ClNO3/c1-28-18-4-2-3-15(11-18)19-13-22(26)25-21-10-7-16(12-20(19)21)23(27)14-5-8-17(24)9-6-14/h2-13H,1H3,(H,25,26). The van der Waals surface area contributed by atoms with E-state index in [1.165, 1.54) is 6.07 Å². The first-order valence-electron chi connectivity index (χ1n) is 8.67. The Morgan fingerprint density at radius 3 is 2.43 bits per heavy atom. The Hall–Kier alpha value is -3.37. The fourth-order valence-corrected chi connectivity index (χ4v) is 3.32. The van der Waals surface area contributed by atoms with Crippen molar-refractivity contribution in [2.24, 2.45) is 0 Å². The Morgan fingerprint density at radius 2 is 1.68 bits per heavy atom. The van der Waals surface area contributed by atoms with Crippen molar-refractivity contribution in [2.75, 3.05) is 7.11 Å². The molecule has 0 fully saturated rings. The van der Waals surface area contributed by atoms with Gasteiger partial charge in [-0.2, -0.15) is 0 Å². The number of aromatic nitrogens is 1. The van der Waals surface area contributed by atoms with E-state index in [-0.39, 0.29) is 11.3 Å². The number of hydrogen-bond donors (Lipinski definition) is 1. The molecule has 28 heavy (non-hydrogen) atoms. The van der Waals surface area contributed by atoms with Crippen LogP contribution in [0, 0.1) is 0 Å². The van der Waals surface area contributed by atoms with Crippen LogP contribution < -0.4 is 10.3 Å². The van der Waals surface area contributed by atoms with E-state index in [9.17, 15) is 9.59 Å². The summed E-state index contributed by atoms with van der Waals surface area (Å²) in [5.74, 6) is 0.584. The van der Waals surface area contributed by atoms with E-state index in [4.69, 9.17) is 16.3 Å². The maximum Gasteiger partial charge on any atom is 0.249 e. The number of ether oxygens (including phenoxy) is 1. The number of fused-ring (bicyclic) bond motifs is 1. The summed E-state index contributed by atoms with van der Waals surface area (Å²) in [5, 5.41) is 1.36. The molecule has 1 heterocycles. The van der Waals surface area contributed by atoms with E-state index in [1.807, 2.05) is 24.3 Å². The van der Waals surface area contributed by atoms with Gasteiger partial charge < -0.3 is 9.72 Å². The van der Waals surface area contributed by atoms with Crippen molar-refractivity contribution in [2.45, 2.75) is 0 Å². The Labute approximate surface area is 166 Å². The van der Waals surface area contributed by atoms with E-state index in [2.05, 4.69) is 4.98 Å². The van der Waals surface area contributed by atoms with Crippen LogP contribution in [0.3, 0.4) is 0 Å². The molecular formula is C23H16ClNO3. The largest absolute Gasteiger partial charge is 0.497 e. The van der Waals surface area contributed by atoms with Gasteiger partial charge in [-0.1, -0.05) is 23.7 Å². The normalized spacial score (nSPS) is 10.8. The van der Waals surface area contributed by atoms with Crippen LogP contribution in [0.25, 0.3) is 22.0 Å². The number of pyridine rings is 1. The van der Waals surface area contributed by atoms with E-state index in [1.54, 1.807) is 49.6 Å². The molecule has 0 unspecified atom stereocenters. The van der Waals surface area contributed by atoms with Gasteiger partial charge in [-0.15, -0.1) is 0 Å². The molecule has 0 aliphatic carbocycles. The minimum Gasteiger partial charge on any atom is -0.497 e. The smallest absolute Gasteiger partial charge is 0.249 e. The monoisotopic (exact) mass is 389 g/mol. The molecule has 4 aromatic rings. The second kappa shape index (κ2) is 7.33. The van der Waals surface area contributed by atoms with Crippen molar-refractivity contribution in [1.82, 2.24) is 4.98 Å². The quantitative estimate of drug-likeness (QED) is 0.495. The van der Waals surface area contributed by atoms with Gasteiger partial charge in [0.25, 0.3) is 0 Å². The van der Waals surface area contributed by atoms with Gasteiger partial charge in [0, 0.05) is 33.1 Å². The van der Waals surface area contributed by atoms with Gasteiger partial charge in [0.2, 0.25) is 5.56 Å². The summed E-state index contributed by atoms with van der Waals surface area (Å²) in [6.45, 7) is 0. The van der Waals surface area contributed by atoms with Crippen LogP contribution in [0.1, 0.15) is 15.9 Å². The summed E-state index contributed by atoms with van der Waals surface area (Å²) in [6.07, 6.45) is 0. The van der Waals surface area contributed by atoms with Crippen LogP contribution in [-0.2, 0) is 0 Å². The molecule has 0 radical (unpaired) electrons. The number of methoxy groups -OCH3 is 1. The SMILES string of the molecule is COc1cccc(-c2cc(=O)[nH]c3ccc(C(=O)c4ccc(Cl)cc4)cc23)c1. The second-order valence-corrected chi connectivity index (χ2v) is 6.81. The average Bonchev–Trinajstić information content (AvgIpc) is 2.73. The van der Waals surface area contributed by atoms with Crippen molar-refractivity contribution in [1.29, 1.82) is 0 Å². The lowest BCUT2D eigenvalue weighted by molar-refractivity contribution is 0.103. The predicted octanol–water partition coefficient (Wildman–Crippen LogP) is 5.09. The Bertz CT molecular complexity index is 1240. The van der Waals surface area contributed by atoms with E-state index < -0.39 is 0 Å². The van der Waals surface area contributed by atoms with Crippen LogP contribution in [-0.4, -0.2) is 17.9 Å². The zero-order valence-corrected chi connectivity index (χ0v) is 15.8. The third-order valence-electron chi connectivity index (χ3n) is 4.59. The number of halogens is 1. The first-order valence-corrected chi connectivity index (χ1v) is 9.05. The lowest BCUT2D eigenvalue weighted by Gasteiger charge is -2.10. The molecule has 0 spiro atoms.